The lowest BCUT2D eigenvalue weighted by atomic mass is 10.2. The first-order valence-electron chi connectivity index (χ1n) is 7.76. The van der Waals surface area contributed by atoms with Gasteiger partial charge in [-0.25, -0.2) is 0 Å². The number of anilines is 1. The number of carbonyl (C=O) groups excluding carboxylic acids is 1. The van der Waals surface area contributed by atoms with E-state index in [0.29, 0.717) is 11.5 Å². The maximum absolute atomic E-state index is 11.9. The molecule has 1 aromatic heterocycles. The van der Waals surface area contributed by atoms with E-state index in [-0.39, 0.29) is 12.5 Å². The number of nitrogens with one attached hydrogen (secondary N) is 3. The molecule has 0 aliphatic rings. The number of hydrazine groups is 1. The second-order valence-electron chi connectivity index (χ2n) is 5.38. The molecule has 6 heteroatoms. The number of ether oxygens (including phenoxy) is 1. The monoisotopic (exact) mass is 337 g/mol. The van der Waals surface area contributed by atoms with Gasteiger partial charge < -0.3 is 14.5 Å². The maximum atomic E-state index is 11.9. The van der Waals surface area contributed by atoms with Crippen LogP contribution in [0.2, 0.25) is 0 Å². The Kier molecular flexibility index (Phi) is 4.89. The third-order valence-corrected chi connectivity index (χ3v) is 3.62. The Hall–Kier alpha value is -3.41. The molecular formula is C19H19N3O3. The number of para-hydroxylation sites is 1. The summed E-state index contributed by atoms with van der Waals surface area (Å²) < 4.78 is 10.8. The fourth-order valence-corrected chi connectivity index (χ4v) is 2.27. The van der Waals surface area contributed by atoms with Crippen molar-refractivity contribution in [2.45, 2.75) is 0 Å². The van der Waals surface area contributed by atoms with Gasteiger partial charge in [0, 0.05) is 11.1 Å². The van der Waals surface area contributed by atoms with Crippen LogP contribution in [0.5, 0.6) is 5.75 Å². The fourth-order valence-electron chi connectivity index (χ4n) is 2.27. The van der Waals surface area contributed by atoms with Gasteiger partial charge in [-0.2, -0.15) is 0 Å². The summed E-state index contributed by atoms with van der Waals surface area (Å²) in [5.74, 6) is 1.11. The van der Waals surface area contributed by atoms with Crippen LogP contribution in [-0.2, 0) is 4.79 Å². The zero-order chi connectivity index (χ0) is 17.6. The molecule has 2 aromatic carbocycles. The Morgan fingerprint density at radius 1 is 1.12 bits per heavy atom. The molecule has 3 rings (SSSR count). The zero-order valence-corrected chi connectivity index (χ0v) is 13.8. The van der Waals surface area contributed by atoms with Crippen LogP contribution in [0.25, 0.3) is 16.7 Å². The number of methoxy groups -OCH3 is 1. The number of hydrogen-bond donors (Lipinski definition) is 3. The highest BCUT2D eigenvalue weighted by molar-refractivity contribution is 5.83. The predicted molar refractivity (Wildman–Crippen MR) is 98.0 cm³/mol. The predicted octanol–water partition coefficient (Wildman–Crippen LogP) is 3.15. The van der Waals surface area contributed by atoms with E-state index >= 15 is 0 Å². The summed E-state index contributed by atoms with van der Waals surface area (Å²) in [6.45, 7) is 3.99. The number of amides is 1. The van der Waals surface area contributed by atoms with Crippen LogP contribution >= 0.6 is 0 Å². The molecule has 0 spiro atoms. The van der Waals surface area contributed by atoms with Crippen molar-refractivity contribution in [3.63, 3.8) is 0 Å². The first-order valence-corrected chi connectivity index (χ1v) is 7.76. The van der Waals surface area contributed by atoms with Gasteiger partial charge in [-0.1, -0.05) is 24.8 Å². The van der Waals surface area contributed by atoms with Crippen LogP contribution < -0.4 is 20.9 Å². The van der Waals surface area contributed by atoms with Crippen molar-refractivity contribution >= 4 is 28.3 Å². The standard InChI is InChI=1S/C19H19N3O3/c1-13(18-11-14-5-3-4-6-17(14)25-18)21-22-19(23)12-20-15-7-9-16(24-2)10-8-15/h3-11,20-21H,1,12H2,2H3,(H,22,23). The summed E-state index contributed by atoms with van der Waals surface area (Å²) >= 11 is 0. The summed E-state index contributed by atoms with van der Waals surface area (Å²) in [5.41, 5.74) is 7.43. The molecule has 1 heterocycles. The van der Waals surface area contributed by atoms with Gasteiger partial charge in [0.05, 0.1) is 19.4 Å². The minimum Gasteiger partial charge on any atom is -0.497 e. The van der Waals surface area contributed by atoms with Gasteiger partial charge in [-0.05, 0) is 36.4 Å². The van der Waals surface area contributed by atoms with E-state index in [1.54, 1.807) is 7.11 Å². The van der Waals surface area contributed by atoms with Crippen LogP contribution in [0.3, 0.4) is 0 Å². The van der Waals surface area contributed by atoms with Crippen molar-refractivity contribution in [2.24, 2.45) is 0 Å². The zero-order valence-electron chi connectivity index (χ0n) is 13.8. The molecule has 0 atom stereocenters. The molecule has 3 aromatic rings. The van der Waals surface area contributed by atoms with E-state index in [2.05, 4.69) is 22.7 Å². The molecule has 0 saturated heterocycles. The largest absolute Gasteiger partial charge is 0.497 e. The van der Waals surface area contributed by atoms with Gasteiger partial charge in [-0.15, -0.1) is 0 Å². The first kappa shape index (κ1) is 16.4. The minimum absolute atomic E-state index is 0.118. The fraction of sp³-hybridized carbons (Fsp3) is 0.105. The van der Waals surface area contributed by atoms with Crippen LogP contribution in [-0.4, -0.2) is 19.6 Å². The van der Waals surface area contributed by atoms with E-state index in [9.17, 15) is 4.79 Å². The Balaban J connectivity index is 1.48. The van der Waals surface area contributed by atoms with Crippen LogP contribution in [0.15, 0.2) is 65.6 Å². The molecule has 0 unspecified atom stereocenters. The number of carbonyl (C=O) groups is 1. The molecular weight excluding hydrogens is 318 g/mol. The van der Waals surface area contributed by atoms with Crippen molar-refractivity contribution in [3.8, 4) is 5.75 Å². The van der Waals surface area contributed by atoms with E-state index < -0.39 is 0 Å². The molecule has 0 saturated carbocycles. The molecule has 0 aliphatic carbocycles. The van der Waals surface area contributed by atoms with Crippen molar-refractivity contribution in [2.75, 3.05) is 19.0 Å². The number of benzene rings is 2. The van der Waals surface area contributed by atoms with Crippen LogP contribution in [0, 0.1) is 0 Å². The Bertz CT molecular complexity index is 851. The first-order chi connectivity index (χ1) is 12.2. The molecule has 25 heavy (non-hydrogen) atoms. The average molecular weight is 337 g/mol. The molecule has 128 valence electrons. The lowest BCUT2D eigenvalue weighted by Crippen LogP contribution is -2.39. The quantitative estimate of drug-likeness (QED) is 0.578. The van der Waals surface area contributed by atoms with Crippen LogP contribution in [0.4, 0.5) is 5.69 Å². The SMILES string of the molecule is C=C(NNC(=O)CNc1ccc(OC)cc1)c1cc2ccccc2o1. The van der Waals surface area contributed by atoms with Gasteiger partial charge in [-0.3, -0.25) is 15.6 Å². The van der Waals surface area contributed by atoms with Crippen molar-refractivity contribution in [1.29, 1.82) is 0 Å². The topological polar surface area (TPSA) is 75.5 Å². The van der Waals surface area contributed by atoms with Gasteiger partial charge in [0.25, 0.3) is 5.91 Å². The van der Waals surface area contributed by atoms with Crippen molar-refractivity contribution in [1.82, 2.24) is 10.9 Å². The maximum Gasteiger partial charge on any atom is 0.257 e. The van der Waals surface area contributed by atoms with E-state index in [4.69, 9.17) is 9.15 Å². The molecule has 0 bridgehead atoms. The molecule has 3 N–H and O–H groups in total. The summed E-state index contributed by atoms with van der Waals surface area (Å²) in [5, 5.41) is 4.00. The van der Waals surface area contributed by atoms with Gasteiger partial charge in [0.15, 0.2) is 5.76 Å². The molecule has 0 aliphatic heterocycles. The third-order valence-electron chi connectivity index (χ3n) is 3.62. The van der Waals surface area contributed by atoms with Crippen molar-refractivity contribution in [3.05, 3.63) is 66.9 Å². The minimum atomic E-state index is -0.229. The highest BCUT2D eigenvalue weighted by atomic mass is 16.5. The third kappa shape index (κ3) is 4.11. The van der Waals surface area contributed by atoms with E-state index in [1.165, 1.54) is 0 Å². The summed E-state index contributed by atoms with van der Waals surface area (Å²) in [4.78, 5) is 11.9. The van der Waals surface area contributed by atoms with E-state index in [1.807, 2.05) is 54.6 Å². The molecule has 0 fully saturated rings. The average Bonchev–Trinajstić information content (AvgIpc) is 3.09. The lowest BCUT2D eigenvalue weighted by Gasteiger charge is -2.10. The summed E-state index contributed by atoms with van der Waals surface area (Å²) in [6, 6.07) is 16.9. The summed E-state index contributed by atoms with van der Waals surface area (Å²) in [6.07, 6.45) is 0. The number of rotatable bonds is 7. The molecule has 6 nitrogen and oxygen atoms in total. The second-order valence-corrected chi connectivity index (χ2v) is 5.38. The lowest BCUT2D eigenvalue weighted by molar-refractivity contribution is -0.120. The normalized spacial score (nSPS) is 10.3. The van der Waals surface area contributed by atoms with E-state index in [0.717, 1.165) is 22.4 Å². The number of hydrogen-bond acceptors (Lipinski definition) is 5. The Labute approximate surface area is 145 Å². The molecule has 0 radical (unpaired) electrons. The number of fused-ring (bicyclic) bond motifs is 1. The van der Waals surface area contributed by atoms with Gasteiger partial charge >= 0.3 is 0 Å². The van der Waals surface area contributed by atoms with Gasteiger partial charge in [0.1, 0.15) is 11.3 Å². The van der Waals surface area contributed by atoms with Gasteiger partial charge in [0.2, 0.25) is 0 Å². The Morgan fingerprint density at radius 2 is 1.88 bits per heavy atom. The highest BCUT2D eigenvalue weighted by Crippen LogP contribution is 2.22. The smallest absolute Gasteiger partial charge is 0.257 e. The second kappa shape index (κ2) is 7.44. The van der Waals surface area contributed by atoms with Crippen LogP contribution in [0.1, 0.15) is 5.76 Å². The summed E-state index contributed by atoms with van der Waals surface area (Å²) in [7, 11) is 1.61. The number of furan rings is 1. The highest BCUT2D eigenvalue weighted by Gasteiger charge is 2.08. The molecule has 1 amide bonds. The van der Waals surface area contributed by atoms with Crippen molar-refractivity contribution < 1.29 is 13.9 Å². The Morgan fingerprint density at radius 3 is 2.60 bits per heavy atom.